The molecule has 0 radical (unpaired) electrons. The molecule has 2 aliphatic heterocycles. The highest BCUT2D eigenvalue weighted by molar-refractivity contribution is 6.07. The van der Waals surface area contributed by atoms with Gasteiger partial charge in [-0.25, -0.2) is 4.79 Å². The summed E-state index contributed by atoms with van der Waals surface area (Å²) in [4.78, 5) is 56.6. The van der Waals surface area contributed by atoms with E-state index >= 15 is 0 Å². The quantitative estimate of drug-likeness (QED) is 0.180. The predicted molar refractivity (Wildman–Crippen MR) is 172 cm³/mol. The number of hydrogen-bond acceptors (Lipinski definition) is 6. The molecule has 240 valence electrons. The maximum Gasteiger partial charge on any atom is 0.410 e. The van der Waals surface area contributed by atoms with Crippen molar-refractivity contribution in [1.29, 1.82) is 0 Å². The number of nitrogens with one attached hydrogen (secondary N) is 3. The van der Waals surface area contributed by atoms with E-state index in [9.17, 15) is 19.2 Å². The second-order valence-corrected chi connectivity index (χ2v) is 12.6. The molecule has 4 amide bonds. The number of fused-ring (bicyclic) bond motifs is 1. The molecular weight excluding hydrogens is 557 g/mol. The van der Waals surface area contributed by atoms with E-state index in [0.29, 0.717) is 32.5 Å². The van der Waals surface area contributed by atoms with Crippen molar-refractivity contribution in [2.24, 2.45) is 5.92 Å². The van der Waals surface area contributed by atoms with Gasteiger partial charge in [-0.1, -0.05) is 62.4 Å². The largest absolute Gasteiger partial charge is 0.445 e. The Bertz CT molecular complexity index is 1160. The lowest BCUT2D eigenvalue weighted by atomic mass is 9.83. The summed E-state index contributed by atoms with van der Waals surface area (Å²) >= 11 is 0. The number of unbranched alkanes of at least 4 members (excludes halogenated alkanes) is 3. The van der Waals surface area contributed by atoms with Crippen molar-refractivity contribution >= 4 is 31.8 Å². The van der Waals surface area contributed by atoms with Crippen molar-refractivity contribution < 1.29 is 23.9 Å². The minimum atomic E-state index is -0.759. The van der Waals surface area contributed by atoms with E-state index in [1.165, 1.54) is 5.56 Å². The highest BCUT2D eigenvalue weighted by atomic mass is 16.6. The zero-order valence-electron chi connectivity index (χ0n) is 26.5. The second-order valence-electron chi connectivity index (χ2n) is 12.6. The van der Waals surface area contributed by atoms with Gasteiger partial charge in [0.15, 0.2) is 7.98 Å². The molecule has 10 nitrogen and oxygen atoms in total. The van der Waals surface area contributed by atoms with Crippen LogP contribution in [0.1, 0.15) is 81.8 Å². The molecule has 1 aromatic rings. The molecule has 1 aliphatic carbocycles. The monoisotopic (exact) mass is 607 g/mol. The Kier molecular flexibility index (Phi) is 12.7. The maximum absolute atomic E-state index is 13.6. The predicted octanol–water partition coefficient (Wildman–Crippen LogP) is 2.60. The Balaban J connectivity index is 1.35. The van der Waals surface area contributed by atoms with Crippen LogP contribution in [0.2, 0.25) is 0 Å². The van der Waals surface area contributed by atoms with E-state index in [1.807, 2.05) is 37.1 Å². The number of nitrogens with zero attached hydrogens (tertiary/aromatic N) is 2. The van der Waals surface area contributed by atoms with Gasteiger partial charge in [-0.15, -0.1) is 6.58 Å². The average Bonchev–Trinajstić information content (AvgIpc) is 3.42. The molecule has 0 spiro atoms. The van der Waals surface area contributed by atoms with Crippen LogP contribution in [0.3, 0.4) is 0 Å². The molecule has 2 fully saturated rings. The molecule has 0 unspecified atom stereocenters. The van der Waals surface area contributed by atoms with Gasteiger partial charge in [-0.3, -0.25) is 14.4 Å². The summed E-state index contributed by atoms with van der Waals surface area (Å²) in [6.45, 7) is 5.33. The number of carbonyl (C=O) groups excluding carboxylic acids is 4. The Morgan fingerprint density at radius 1 is 1.05 bits per heavy atom. The van der Waals surface area contributed by atoms with Gasteiger partial charge in [-0.2, -0.15) is 0 Å². The van der Waals surface area contributed by atoms with Crippen molar-refractivity contribution in [1.82, 2.24) is 25.7 Å². The molecule has 1 saturated carbocycles. The number of hydrogen-bond donors (Lipinski definition) is 3. The van der Waals surface area contributed by atoms with Crippen LogP contribution in [-0.2, 0) is 32.1 Å². The van der Waals surface area contributed by atoms with Crippen LogP contribution in [-0.4, -0.2) is 85.9 Å². The van der Waals surface area contributed by atoms with Crippen LogP contribution in [0.5, 0.6) is 0 Å². The smallest absolute Gasteiger partial charge is 0.410 e. The van der Waals surface area contributed by atoms with Crippen molar-refractivity contribution in [2.75, 3.05) is 20.1 Å². The zero-order valence-corrected chi connectivity index (χ0v) is 26.5. The van der Waals surface area contributed by atoms with Gasteiger partial charge in [0, 0.05) is 33.1 Å². The van der Waals surface area contributed by atoms with Crippen LogP contribution in [0.15, 0.2) is 36.9 Å². The van der Waals surface area contributed by atoms with Crippen molar-refractivity contribution in [2.45, 2.75) is 108 Å². The SMILES string of the molecule is BN1C[C@@H](OC(=O)N2CCc3ccccc3C2)C[C@@H]1C(=O)N[C@@H](CCCCCC=C)C(=O)N[C@H](C(=O)NC)C1CCCCC1. The molecule has 3 N–H and O–H groups in total. The van der Waals surface area contributed by atoms with Crippen LogP contribution in [0, 0.1) is 5.92 Å². The molecule has 2 heterocycles. The van der Waals surface area contributed by atoms with Gasteiger partial charge in [0.1, 0.15) is 18.2 Å². The second kappa shape index (κ2) is 16.7. The van der Waals surface area contributed by atoms with Crippen molar-refractivity contribution in [3.63, 3.8) is 0 Å². The Hall–Kier alpha value is -3.34. The van der Waals surface area contributed by atoms with Gasteiger partial charge < -0.3 is 30.4 Å². The third kappa shape index (κ3) is 9.09. The summed E-state index contributed by atoms with van der Waals surface area (Å²) in [7, 11) is 3.43. The van der Waals surface area contributed by atoms with E-state index < -0.39 is 24.2 Å². The summed E-state index contributed by atoms with van der Waals surface area (Å²) in [5, 5.41) is 8.71. The van der Waals surface area contributed by atoms with Crippen LogP contribution in [0.4, 0.5) is 4.79 Å². The van der Waals surface area contributed by atoms with E-state index in [2.05, 4.69) is 28.6 Å². The average molecular weight is 608 g/mol. The number of amides is 4. The topological polar surface area (TPSA) is 120 Å². The van der Waals surface area contributed by atoms with Gasteiger partial charge >= 0.3 is 6.09 Å². The van der Waals surface area contributed by atoms with Gasteiger partial charge in [0.05, 0.1) is 6.04 Å². The van der Waals surface area contributed by atoms with Gasteiger partial charge in [-0.05, 0) is 55.6 Å². The normalized spacial score (nSPS) is 21.9. The standard InChI is InChI=1S/C33H50BN5O5/c1-3-4-5-6-10-17-27(30(40)37-29(32(42)35-2)24-14-8-7-9-15-24)36-31(41)28-20-26(22-39(28)34)44-33(43)38-19-18-23-13-11-12-16-25(23)21-38/h3,11-13,16,24,26-29H,1,4-10,14-15,17-22,34H2,2H3,(H,35,42)(H,36,41)(H,37,40)/t26-,27-,28+,29-/m0/s1. The van der Waals surface area contributed by atoms with Crippen molar-refractivity contribution in [3.8, 4) is 0 Å². The highest BCUT2D eigenvalue weighted by Gasteiger charge is 2.39. The Morgan fingerprint density at radius 3 is 2.52 bits per heavy atom. The van der Waals surface area contributed by atoms with Gasteiger partial charge in [0.25, 0.3) is 0 Å². The first-order chi connectivity index (χ1) is 21.3. The fourth-order valence-corrected chi connectivity index (χ4v) is 6.84. The number of allylic oxidation sites excluding steroid dienone is 1. The van der Waals surface area contributed by atoms with E-state index in [4.69, 9.17) is 4.74 Å². The van der Waals surface area contributed by atoms with Crippen molar-refractivity contribution in [3.05, 3.63) is 48.0 Å². The first-order valence-electron chi connectivity index (χ1n) is 16.5. The molecule has 11 heteroatoms. The molecular formula is C33H50BN5O5. The van der Waals surface area contributed by atoms with Crippen LogP contribution < -0.4 is 16.0 Å². The zero-order chi connectivity index (χ0) is 31.5. The summed E-state index contributed by atoms with van der Waals surface area (Å²) in [6.07, 6.45) is 11.3. The summed E-state index contributed by atoms with van der Waals surface area (Å²) in [5.41, 5.74) is 2.39. The summed E-state index contributed by atoms with van der Waals surface area (Å²) < 4.78 is 5.86. The van der Waals surface area contributed by atoms with Crippen LogP contribution in [0.25, 0.3) is 0 Å². The molecule has 4 rings (SSSR count). The number of likely N-dealkylation sites (N-methyl/N-ethyl adjacent to an activating group) is 1. The fourth-order valence-electron chi connectivity index (χ4n) is 6.84. The minimum Gasteiger partial charge on any atom is -0.445 e. The first kappa shape index (κ1) is 33.6. The third-order valence-electron chi connectivity index (χ3n) is 9.45. The van der Waals surface area contributed by atoms with E-state index in [-0.39, 0.29) is 29.7 Å². The third-order valence-corrected chi connectivity index (χ3v) is 9.45. The summed E-state index contributed by atoms with van der Waals surface area (Å²) in [6, 6.07) is 6.22. The first-order valence-corrected chi connectivity index (χ1v) is 16.5. The maximum atomic E-state index is 13.6. The lowest BCUT2D eigenvalue weighted by Crippen LogP contribution is -2.57. The summed E-state index contributed by atoms with van der Waals surface area (Å²) in [5.74, 6) is -0.700. The van der Waals surface area contributed by atoms with Gasteiger partial charge in [0.2, 0.25) is 17.7 Å². The minimum absolute atomic E-state index is 0.0846. The molecule has 0 bridgehead atoms. The molecule has 0 aromatic heterocycles. The molecule has 3 aliphatic rings. The number of carbonyl (C=O) groups is 4. The highest BCUT2D eigenvalue weighted by Crippen LogP contribution is 2.27. The number of benzene rings is 1. The lowest BCUT2D eigenvalue weighted by Gasteiger charge is -2.31. The van der Waals surface area contributed by atoms with Crippen LogP contribution >= 0.6 is 0 Å². The molecule has 4 atom stereocenters. The Morgan fingerprint density at radius 2 is 1.80 bits per heavy atom. The fraction of sp³-hybridized carbons (Fsp3) is 0.636. The number of ether oxygens (including phenoxy) is 1. The number of rotatable bonds is 13. The molecule has 44 heavy (non-hydrogen) atoms. The molecule has 1 saturated heterocycles. The lowest BCUT2D eigenvalue weighted by molar-refractivity contribution is -0.134. The van der Waals surface area contributed by atoms with E-state index in [0.717, 1.165) is 69.8 Å². The van der Waals surface area contributed by atoms with E-state index in [1.54, 1.807) is 11.9 Å². The Labute approximate surface area is 263 Å². The molecule has 1 aromatic carbocycles.